The molecule has 7 nitrogen and oxygen atoms in total. The third kappa shape index (κ3) is 3.64. The van der Waals surface area contributed by atoms with Gasteiger partial charge in [0.1, 0.15) is 0 Å². The molecule has 0 aliphatic carbocycles. The fourth-order valence-electron chi connectivity index (χ4n) is 1.50. The predicted octanol–water partition coefficient (Wildman–Crippen LogP) is 1.33. The summed E-state index contributed by atoms with van der Waals surface area (Å²) < 4.78 is 35.5. The van der Waals surface area contributed by atoms with E-state index in [0.29, 0.717) is 0 Å². The molecular formula is C12H15NO6S. The Bertz CT molecular complexity index is 623. The smallest absolute Gasteiger partial charge is 0.337 e. The molecule has 110 valence electrons. The molecule has 0 saturated carbocycles. The molecule has 0 unspecified atom stereocenters. The molecule has 0 fully saturated rings. The van der Waals surface area contributed by atoms with Crippen molar-refractivity contribution in [3.05, 3.63) is 30.4 Å². The summed E-state index contributed by atoms with van der Waals surface area (Å²) in [5, 5.41) is 9.12. The first-order valence-corrected chi connectivity index (χ1v) is 7.10. The monoisotopic (exact) mass is 301 g/mol. The van der Waals surface area contributed by atoms with E-state index in [1.54, 1.807) is 0 Å². The number of ether oxygens (including phenoxy) is 2. The van der Waals surface area contributed by atoms with Gasteiger partial charge in [0, 0.05) is 12.1 Å². The summed E-state index contributed by atoms with van der Waals surface area (Å²) in [6.07, 6.45) is 1.20. The highest BCUT2D eigenvalue weighted by molar-refractivity contribution is 7.92. The first-order valence-electron chi connectivity index (χ1n) is 5.45. The first-order chi connectivity index (χ1) is 9.34. The van der Waals surface area contributed by atoms with Crippen LogP contribution in [0, 0.1) is 0 Å². The molecular weight excluding hydrogens is 286 g/mol. The van der Waals surface area contributed by atoms with Crippen LogP contribution < -0.4 is 14.2 Å². The molecule has 0 atom stereocenters. The van der Waals surface area contributed by atoms with Gasteiger partial charge in [-0.1, -0.05) is 6.08 Å². The van der Waals surface area contributed by atoms with Crippen molar-refractivity contribution >= 4 is 21.7 Å². The van der Waals surface area contributed by atoms with Crippen LogP contribution in [0.1, 0.15) is 10.4 Å². The van der Waals surface area contributed by atoms with Crippen LogP contribution in [-0.2, 0) is 10.0 Å². The lowest BCUT2D eigenvalue weighted by atomic mass is 10.1. The van der Waals surface area contributed by atoms with E-state index in [2.05, 4.69) is 11.3 Å². The molecule has 0 aliphatic rings. The second-order valence-electron chi connectivity index (χ2n) is 3.73. The normalized spacial score (nSPS) is 10.7. The van der Waals surface area contributed by atoms with Gasteiger partial charge in [-0.3, -0.25) is 4.72 Å². The van der Waals surface area contributed by atoms with Gasteiger partial charge in [-0.2, -0.15) is 0 Å². The Morgan fingerprint density at radius 1 is 1.35 bits per heavy atom. The second-order valence-corrected chi connectivity index (χ2v) is 5.50. The van der Waals surface area contributed by atoms with E-state index in [4.69, 9.17) is 14.6 Å². The molecule has 0 spiro atoms. The van der Waals surface area contributed by atoms with Crippen LogP contribution in [0.15, 0.2) is 24.8 Å². The zero-order chi connectivity index (χ0) is 15.3. The molecule has 0 saturated heterocycles. The lowest BCUT2D eigenvalue weighted by molar-refractivity contribution is 0.0697. The molecule has 0 aliphatic heterocycles. The number of carboxylic acid groups (broad SMARTS) is 1. The van der Waals surface area contributed by atoms with Gasteiger partial charge < -0.3 is 14.6 Å². The topological polar surface area (TPSA) is 102 Å². The van der Waals surface area contributed by atoms with Crippen LogP contribution in [0.25, 0.3) is 0 Å². The second kappa shape index (κ2) is 6.29. The molecule has 0 amide bonds. The number of methoxy groups -OCH3 is 2. The largest absolute Gasteiger partial charge is 0.493 e. The number of carbonyl (C=O) groups is 1. The van der Waals surface area contributed by atoms with Gasteiger partial charge in [0.25, 0.3) is 0 Å². The van der Waals surface area contributed by atoms with Crippen molar-refractivity contribution in [1.82, 2.24) is 0 Å². The molecule has 0 heterocycles. The molecule has 0 bridgehead atoms. The van der Waals surface area contributed by atoms with Crippen LogP contribution >= 0.6 is 0 Å². The zero-order valence-electron chi connectivity index (χ0n) is 11.0. The summed E-state index contributed by atoms with van der Waals surface area (Å²) in [6.45, 7) is 3.33. The van der Waals surface area contributed by atoms with E-state index in [-0.39, 0.29) is 28.5 Å². The zero-order valence-corrected chi connectivity index (χ0v) is 11.9. The quantitative estimate of drug-likeness (QED) is 0.737. The highest BCUT2D eigenvalue weighted by atomic mass is 32.2. The van der Waals surface area contributed by atoms with Crippen molar-refractivity contribution < 1.29 is 27.8 Å². The molecule has 1 aromatic rings. The molecule has 1 aromatic carbocycles. The number of aromatic carboxylic acids is 1. The molecule has 2 N–H and O–H groups in total. The maximum absolute atomic E-state index is 11.7. The molecule has 1 rings (SSSR count). The molecule has 8 heteroatoms. The molecule has 20 heavy (non-hydrogen) atoms. The SMILES string of the molecule is C=CCS(=O)(=O)Nc1cc(OC)c(OC)cc1C(=O)O. The summed E-state index contributed by atoms with van der Waals surface area (Å²) in [7, 11) is -0.999. The first kappa shape index (κ1) is 15.8. The van der Waals surface area contributed by atoms with Crippen LogP contribution in [0.3, 0.4) is 0 Å². The van der Waals surface area contributed by atoms with Crippen molar-refractivity contribution in [3.8, 4) is 11.5 Å². The van der Waals surface area contributed by atoms with Gasteiger partial charge in [0.05, 0.1) is 31.2 Å². The Labute approximate surface area is 116 Å². The van der Waals surface area contributed by atoms with Crippen molar-refractivity contribution in [2.45, 2.75) is 0 Å². The summed E-state index contributed by atoms with van der Waals surface area (Å²) in [4.78, 5) is 11.2. The van der Waals surface area contributed by atoms with Gasteiger partial charge in [-0.05, 0) is 0 Å². The average molecular weight is 301 g/mol. The minimum Gasteiger partial charge on any atom is -0.493 e. The number of benzene rings is 1. The summed E-state index contributed by atoms with van der Waals surface area (Å²) >= 11 is 0. The van der Waals surface area contributed by atoms with Crippen molar-refractivity contribution in [2.75, 3.05) is 24.7 Å². The maximum Gasteiger partial charge on any atom is 0.337 e. The Morgan fingerprint density at radius 2 is 1.90 bits per heavy atom. The van der Waals surface area contributed by atoms with Crippen molar-refractivity contribution in [2.24, 2.45) is 0 Å². The van der Waals surface area contributed by atoms with E-state index < -0.39 is 16.0 Å². The van der Waals surface area contributed by atoms with Crippen LogP contribution in [0.5, 0.6) is 11.5 Å². The Hall–Kier alpha value is -2.22. The van der Waals surface area contributed by atoms with Crippen molar-refractivity contribution in [3.63, 3.8) is 0 Å². The highest BCUT2D eigenvalue weighted by Crippen LogP contribution is 2.33. The molecule has 0 aromatic heterocycles. The van der Waals surface area contributed by atoms with Crippen LogP contribution in [-0.4, -0.2) is 39.5 Å². The van der Waals surface area contributed by atoms with E-state index in [9.17, 15) is 13.2 Å². The number of nitrogens with one attached hydrogen (secondary N) is 1. The third-order valence-electron chi connectivity index (χ3n) is 2.36. The fourth-order valence-corrected chi connectivity index (χ4v) is 2.40. The number of rotatable bonds is 7. The number of anilines is 1. The summed E-state index contributed by atoms with van der Waals surface area (Å²) in [5.41, 5.74) is -0.340. The van der Waals surface area contributed by atoms with Crippen molar-refractivity contribution in [1.29, 1.82) is 0 Å². The van der Waals surface area contributed by atoms with Crippen LogP contribution in [0.4, 0.5) is 5.69 Å². The molecule has 0 radical (unpaired) electrons. The maximum atomic E-state index is 11.7. The van der Waals surface area contributed by atoms with E-state index in [1.807, 2.05) is 0 Å². The van der Waals surface area contributed by atoms with E-state index in [1.165, 1.54) is 32.4 Å². The third-order valence-corrected chi connectivity index (χ3v) is 3.56. The highest BCUT2D eigenvalue weighted by Gasteiger charge is 2.19. The van der Waals surface area contributed by atoms with Gasteiger partial charge in [0.15, 0.2) is 11.5 Å². The number of sulfonamides is 1. The number of hydrogen-bond donors (Lipinski definition) is 2. The number of carboxylic acids is 1. The summed E-state index contributed by atoms with van der Waals surface area (Å²) in [6, 6.07) is 2.44. The van der Waals surface area contributed by atoms with Gasteiger partial charge >= 0.3 is 5.97 Å². The van der Waals surface area contributed by atoms with Gasteiger partial charge in [-0.15, -0.1) is 6.58 Å². The standard InChI is InChI=1S/C12H15NO6S/c1-4-5-20(16,17)13-9-7-11(19-3)10(18-2)6-8(9)12(14)15/h4,6-7,13H,1,5H2,2-3H3,(H,14,15). The fraction of sp³-hybridized carbons (Fsp3) is 0.250. The van der Waals surface area contributed by atoms with Gasteiger partial charge in [0.2, 0.25) is 10.0 Å². The minimum absolute atomic E-state index is 0.1000. The minimum atomic E-state index is -3.71. The van der Waals surface area contributed by atoms with E-state index in [0.717, 1.165) is 0 Å². The predicted molar refractivity (Wildman–Crippen MR) is 74.1 cm³/mol. The van der Waals surface area contributed by atoms with Gasteiger partial charge in [-0.25, -0.2) is 13.2 Å². The average Bonchev–Trinajstić information content (AvgIpc) is 2.37. The number of hydrogen-bond acceptors (Lipinski definition) is 5. The lowest BCUT2D eigenvalue weighted by Gasteiger charge is -2.14. The Balaban J connectivity index is 3.36. The summed E-state index contributed by atoms with van der Waals surface area (Å²) in [5.74, 6) is -1.21. The lowest BCUT2D eigenvalue weighted by Crippen LogP contribution is -2.17. The Kier molecular flexibility index (Phi) is 4.98. The Morgan fingerprint density at radius 3 is 2.35 bits per heavy atom. The van der Waals surface area contributed by atoms with E-state index >= 15 is 0 Å². The van der Waals surface area contributed by atoms with Crippen LogP contribution in [0.2, 0.25) is 0 Å².